The molecule has 0 radical (unpaired) electrons. The zero-order valence-electron chi connectivity index (χ0n) is 11.0. The highest BCUT2D eigenvalue weighted by molar-refractivity contribution is 9.10. The molecule has 0 spiro atoms. The number of halogens is 2. The van der Waals surface area contributed by atoms with Gasteiger partial charge < -0.3 is 9.84 Å². The van der Waals surface area contributed by atoms with Crippen molar-refractivity contribution in [2.24, 2.45) is 0 Å². The summed E-state index contributed by atoms with van der Waals surface area (Å²) in [4.78, 5) is 14.3. The Hall–Kier alpha value is -0.460. The summed E-state index contributed by atoms with van der Waals surface area (Å²) < 4.78 is 6.17. The predicted octanol–water partition coefficient (Wildman–Crippen LogP) is 2.37. The Labute approximate surface area is 131 Å². The number of hydrogen-bond acceptors (Lipinski definition) is 4. The summed E-state index contributed by atoms with van der Waals surface area (Å²) in [7, 11) is 0. The first-order valence-electron chi connectivity index (χ1n) is 6.52. The van der Waals surface area contributed by atoms with E-state index in [9.17, 15) is 9.90 Å². The molecule has 1 aromatic carbocycles. The fourth-order valence-corrected chi connectivity index (χ4v) is 3.03. The monoisotopic (exact) mass is 361 g/mol. The molecule has 1 heterocycles. The molecule has 1 saturated heterocycles. The first-order valence-corrected chi connectivity index (χ1v) is 7.70. The summed E-state index contributed by atoms with van der Waals surface area (Å²) in [6.07, 6.45) is 0.387. The first kappa shape index (κ1) is 15.9. The molecule has 4 nitrogen and oxygen atoms in total. The van der Waals surface area contributed by atoms with Crippen molar-refractivity contribution in [3.63, 3.8) is 0 Å². The van der Waals surface area contributed by atoms with Crippen LogP contribution in [0.4, 0.5) is 0 Å². The molecule has 1 aliphatic heterocycles. The zero-order chi connectivity index (χ0) is 14.5. The van der Waals surface area contributed by atoms with Crippen molar-refractivity contribution in [2.75, 3.05) is 32.9 Å². The number of aliphatic hydroxyl groups excluding tert-OH is 1. The number of carbonyl (C=O) groups is 1. The van der Waals surface area contributed by atoms with Crippen LogP contribution in [0, 0.1) is 0 Å². The van der Waals surface area contributed by atoms with Crippen molar-refractivity contribution in [3.05, 3.63) is 33.3 Å². The minimum Gasteiger partial charge on any atom is -0.395 e. The number of benzene rings is 1. The molecule has 2 rings (SSSR count). The van der Waals surface area contributed by atoms with Crippen LogP contribution < -0.4 is 0 Å². The molecule has 6 heteroatoms. The third-order valence-electron chi connectivity index (χ3n) is 3.42. The van der Waals surface area contributed by atoms with Crippen molar-refractivity contribution in [1.82, 2.24) is 4.90 Å². The van der Waals surface area contributed by atoms with E-state index in [2.05, 4.69) is 20.8 Å². The molecule has 1 atom stereocenters. The van der Waals surface area contributed by atoms with Crippen LogP contribution >= 0.6 is 27.5 Å². The normalized spacial score (nSPS) is 20.1. The van der Waals surface area contributed by atoms with Crippen LogP contribution in [0.25, 0.3) is 0 Å². The standard InChI is InChI=1S/C14H17BrClNO3/c15-10-1-2-12(13(16)7-10)14(19)3-4-17-5-6-20-9-11(17)8-18/h1-2,7,11,18H,3-6,8-9H2. The maximum Gasteiger partial charge on any atom is 0.165 e. The second-order valence-electron chi connectivity index (χ2n) is 4.74. The van der Waals surface area contributed by atoms with E-state index in [-0.39, 0.29) is 18.4 Å². The maximum atomic E-state index is 12.2. The van der Waals surface area contributed by atoms with Crippen molar-refractivity contribution in [2.45, 2.75) is 12.5 Å². The van der Waals surface area contributed by atoms with E-state index < -0.39 is 0 Å². The maximum absolute atomic E-state index is 12.2. The van der Waals surface area contributed by atoms with E-state index in [1.807, 2.05) is 6.07 Å². The van der Waals surface area contributed by atoms with Gasteiger partial charge in [-0.2, -0.15) is 0 Å². The van der Waals surface area contributed by atoms with Crippen LogP contribution in [0.3, 0.4) is 0 Å². The lowest BCUT2D eigenvalue weighted by Crippen LogP contribution is -2.48. The van der Waals surface area contributed by atoms with Gasteiger partial charge in [-0.25, -0.2) is 0 Å². The highest BCUT2D eigenvalue weighted by atomic mass is 79.9. The molecule has 0 aliphatic carbocycles. The SMILES string of the molecule is O=C(CCN1CCOCC1CO)c1ccc(Br)cc1Cl. The summed E-state index contributed by atoms with van der Waals surface area (Å²) >= 11 is 9.40. The molecule has 1 unspecified atom stereocenters. The lowest BCUT2D eigenvalue weighted by atomic mass is 10.1. The lowest BCUT2D eigenvalue weighted by molar-refractivity contribution is -0.0270. The van der Waals surface area contributed by atoms with Gasteiger partial charge in [-0.1, -0.05) is 27.5 Å². The number of carbonyl (C=O) groups excluding carboxylic acids is 1. The highest BCUT2D eigenvalue weighted by Crippen LogP contribution is 2.22. The predicted molar refractivity (Wildman–Crippen MR) is 81.4 cm³/mol. The van der Waals surface area contributed by atoms with E-state index in [1.165, 1.54) is 0 Å². The molecule has 0 bridgehead atoms. The number of rotatable bonds is 5. The summed E-state index contributed by atoms with van der Waals surface area (Å²) in [5, 5.41) is 9.75. The molecule has 20 heavy (non-hydrogen) atoms. The van der Waals surface area contributed by atoms with Gasteiger partial charge in [0.25, 0.3) is 0 Å². The van der Waals surface area contributed by atoms with E-state index in [1.54, 1.807) is 12.1 Å². The van der Waals surface area contributed by atoms with Crippen molar-refractivity contribution in [3.8, 4) is 0 Å². The topological polar surface area (TPSA) is 49.8 Å². The number of hydrogen-bond donors (Lipinski definition) is 1. The Kier molecular flexibility index (Phi) is 5.99. The minimum atomic E-state index is -0.0167. The van der Waals surface area contributed by atoms with Crippen LogP contribution in [-0.2, 0) is 4.74 Å². The molecule has 1 fully saturated rings. The average molecular weight is 363 g/mol. The lowest BCUT2D eigenvalue weighted by Gasteiger charge is -2.34. The van der Waals surface area contributed by atoms with E-state index in [4.69, 9.17) is 16.3 Å². The fourth-order valence-electron chi connectivity index (χ4n) is 2.25. The Morgan fingerprint density at radius 2 is 2.35 bits per heavy atom. The highest BCUT2D eigenvalue weighted by Gasteiger charge is 2.23. The molecular weight excluding hydrogens is 346 g/mol. The van der Waals surface area contributed by atoms with Crippen LogP contribution in [0.1, 0.15) is 16.8 Å². The Balaban J connectivity index is 1.94. The van der Waals surface area contributed by atoms with Crippen molar-refractivity contribution in [1.29, 1.82) is 0 Å². The number of nitrogens with zero attached hydrogens (tertiary/aromatic N) is 1. The zero-order valence-corrected chi connectivity index (χ0v) is 13.4. The van der Waals surface area contributed by atoms with Crippen LogP contribution in [-0.4, -0.2) is 54.7 Å². The number of Topliss-reactive ketones (excluding diaryl/α,β-unsaturated/α-hetero) is 1. The summed E-state index contributed by atoms with van der Waals surface area (Å²) in [6.45, 7) is 2.56. The number of ketones is 1. The quantitative estimate of drug-likeness (QED) is 0.817. The van der Waals surface area contributed by atoms with Gasteiger partial charge in [0, 0.05) is 29.5 Å². The van der Waals surface area contributed by atoms with Gasteiger partial charge in [0.2, 0.25) is 0 Å². The van der Waals surface area contributed by atoms with Gasteiger partial charge in [0.1, 0.15) is 0 Å². The van der Waals surface area contributed by atoms with Crippen molar-refractivity contribution < 1.29 is 14.6 Å². The van der Waals surface area contributed by atoms with E-state index in [0.717, 1.165) is 11.0 Å². The Morgan fingerprint density at radius 1 is 1.55 bits per heavy atom. The van der Waals surface area contributed by atoms with Gasteiger partial charge in [-0.3, -0.25) is 9.69 Å². The molecular formula is C14H17BrClNO3. The second-order valence-corrected chi connectivity index (χ2v) is 6.07. The third-order valence-corrected chi connectivity index (χ3v) is 4.22. The first-order chi connectivity index (χ1) is 9.61. The van der Waals surface area contributed by atoms with E-state index in [0.29, 0.717) is 36.8 Å². The Morgan fingerprint density at radius 3 is 3.05 bits per heavy atom. The summed E-state index contributed by atoms with van der Waals surface area (Å²) in [5.74, 6) is 0.0191. The fraction of sp³-hybridized carbons (Fsp3) is 0.500. The molecule has 1 aromatic rings. The molecule has 1 aliphatic rings. The largest absolute Gasteiger partial charge is 0.395 e. The van der Waals surface area contributed by atoms with Gasteiger partial charge in [-0.15, -0.1) is 0 Å². The van der Waals surface area contributed by atoms with Gasteiger partial charge in [0.05, 0.1) is 30.9 Å². The molecule has 1 N–H and O–H groups in total. The summed E-state index contributed by atoms with van der Waals surface area (Å²) in [5.41, 5.74) is 0.545. The number of morpholine rings is 1. The Bertz CT molecular complexity index is 483. The minimum absolute atomic E-state index is 0.0167. The summed E-state index contributed by atoms with van der Waals surface area (Å²) in [6, 6.07) is 5.25. The van der Waals surface area contributed by atoms with E-state index >= 15 is 0 Å². The van der Waals surface area contributed by atoms with Gasteiger partial charge in [-0.05, 0) is 18.2 Å². The van der Waals surface area contributed by atoms with Crippen molar-refractivity contribution >= 4 is 33.3 Å². The molecule has 0 amide bonds. The van der Waals surface area contributed by atoms with Crippen LogP contribution in [0.15, 0.2) is 22.7 Å². The average Bonchev–Trinajstić information content (AvgIpc) is 2.45. The number of ether oxygens (including phenoxy) is 1. The second kappa shape index (κ2) is 7.52. The van der Waals surface area contributed by atoms with Crippen LogP contribution in [0.5, 0.6) is 0 Å². The smallest absolute Gasteiger partial charge is 0.165 e. The molecule has 110 valence electrons. The number of aliphatic hydroxyl groups is 1. The molecule has 0 aromatic heterocycles. The molecule has 0 saturated carbocycles. The third kappa shape index (κ3) is 4.02. The van der Waals surface area contributed by atoms with Gasteiger partial charge >= 0.3 is 0 Å². The van der Waals surface area contributed by atoms with Gasteiger partial charge in [0.15, 0.2) is 5.78 Å². The van der Waals surface area contributed by atoms with Crippen LogP contribution in [0.2, 0.25) is 5.02 Å².